The van der Waals surface area contributed by atoms with E-state index in [9.17, 15) is 4.79 Å². The van der Waals surface area contributed by atoms with E-state index in [-0.39, 0.29) is 18.4 Å². The number of carbonyl (C=O) groups is 1. The highest BCUT2D eigenvalue weighted by molar-refractivity contribution is 5.77. The lowest BCUT2D eigenvalue weighted by Crippen LogP contribution is -2.39. The normalized spacial score (nSPS) is 16.3. The Morgan fingerprint density at radius 3 is 2.65 bits per heavy atom. The minimum absolute atomic E-state index is 0.0881. The lowest BCUT2D eigenvalue weighted by Gasteiger charge is -2.32. The number of hydrogen-bond donors (Lipinski definition) is 2. The average molecular weight is 358 g/mol. The number of nitrogens with two attached hydrogens (primary N) is 1. The van der Waals surface area contributed by atoms with Crippen LogP contribution in [0.3, 0.4) is 0 Å². The Morgan fingerprint density at radius 2 is 2.04 bits per heavy atom. The van der Waals surface area contributed by atoms with E-state index in [2.05, 4.69) is 9.97 Å². The molecule has 0 aliphatic carbocycles. The van der Waals surface area contributed by atoms with Gasteiger partial charge in [0.1, 0.15) is 5.82 Å². The molecule has 1 aliphatic heterocycles. The fourth-order valence-corrected chi connectivity index (χ4v) is 3.42. The Hall–Kier alpha value is -2.54. The Kier molecular flexibility index (Phi) is 5.78. The summed E-state index contributed by atoms with van der Waals surface area (Å²) in [4.78, 5) is 22.0. The molecule has 0 unspecified atom stereocenters. The molecule has 3 N–H and O–H groups in total. The van der Waals surface area contributed by atoms with Crippen molar-refractivity contribution in [3.8, 4) is 11.5 Å². The van der Waals surface area contributed by atoms with Crippen LogP contribution in [0.2, 0.25) is 0 Å². The van der Waals surface area contributed by atoms with E-state index in [1.54, 1.807) is 20.4 Å². The quantitative estimate of drug-likeness (QED) is 0.826. The summed E-state index contributed by atoms with van der Waals surface area (Å²) in [7, 11) is 3.18. The van der Waals surface area contributed by atoms with Crippen molar-refractivity contribution in [1.82, 2.24) is 14.9 Å². The van der Waals surface area contributed by atoms with E-state index in [1.165, 1.54) is 0 Å². The first-order valence-corrected chi connectivity index (χ1v) is 8.87. The summed E-state index contributed by atoms with van der Waals surface area (Å²) < 4.78 is 10.5. The van der Waals surface area contributed by atoms with Crippen molar-refractivity contribution in [1.29, 1.82) is 0 Å². The Labute approximate surface area is 153 Å². The number of methoxy groups -OCH3 is 2. The molecule has 1 fully saturated rings. The zero-order valence-electron chi connectivity index (χ0n) is 15.3. The summed E-state index contributed by atoms with van der Waals surface area (Å²) >= 11 is 0. The Balaban J connectivity index is 1.56. The van der Waals surface area contributed by atoms with Crippen LogP contribution < -0.4 is 15.2 Å². The molecular formula is C19H26N4O3. The fourth-order valence-electron chi connectivity index (χ4n) is 3.42. The van der Waals surface area contributed by atoms with Gasteiger partial charge in [0.25, 0.3) is 0 Å². The molecule has 1 amide bonds. The molecule has 1 aromatic carbocycles. The van der Waals surface area contributed by atoms with E-state index < -0.39 is 0 Å². The molecule has 2 heterocycles. The number of hydrogen-bond acceptors (Lipinski definition) is 5. The Bertz CT molecular complexity index is 724. The van der Waals surface area contributed by atoms with E-state index in [0.29, 0.717) is 17.4 Å². The van der Waals surface area contributed by atoms with Gasteiger partial charge in [-0.3, -0.25) is 4.79 Å². The molecule has 1 aromatic heterocycles. The second-order valence-corrected chi connectivity index (χ2v) is 6.55. The maximum atomic E-state index is 12.6. The molecule has 26 heavy (non-hydrogen) atoms. The van der Waals surface area contributed by atoms with Crippen molar-refractivity contribution in [3.05, 3.63) is 42.0 Å². The van der Waals surface area contributed by atoms with Gasteiger partial charge in [-0.2, -0.15) is 0 Å². The van der Waals surface area contributed by atoms with Crippen molar-refractivity contribution in [2.75, 3.05) is 27.3 Å². The summed E-state index contributed by atoms with van der Waals surface area (Å²) in [5, 5.41) is 0. The second-order valence-electron chi connectivity index (χ2n) is 6.55. The van der Waals surface area contributed by atoms with Gasteiger partial charge >= 0.3 is 0 Å². The predicted molar refractivity (Wildman–Crippen MR) is 98.2 cm³/mol. The third-order valence-corrected chi connectivity index (χ3v) is 4.98. The van der Waals surface area contributed by atoms with Gasteiger partial charge in [-0.25, -0.2) is 4.98 Å². The lowest BCUT2D eigenvalue weighted by molar-refractivity contribution is -0.132. The number of amides is 1. The van der Waals surface area contributed by atoms with Gasteiger partial charge in [-0.05, 0) is 30.5 Å². The zero-order valence-corrected chi connectivity index (χ0v) is 15.3. The third-order valence-electron chi connectivity index (χ3n) is 4.98. The van der Waals surface area contributed by atoms with Gasteiger partial charge in [0.05, 0.1) is 14.2 Å². The number of nitrogens with zero attached hydrogens (tertiary/aromatic N) is 2. The topological polar surface area (TPSA) is 93.5 Å². The molecule has 2 aromatic rings. The smallest absolute Gasteiger partial charge is 0.224 e. The first-order valence-electron chi connectivity index (χ1n) is 8.87. The van der Waals surface area contributed by atoms with Gasteiger partial charge in [-0.1, -0.05) is 6.07 Å². The summed E-state index contributed by atoms with van der Waals surface area (Å²) in [6.07, 6.45) is 5.74. The van der Waals surface area contributed by atoms with Crippen LogP contribution in [0.25, 0.3) is 0 Å². The largest absolute Gasteiger partial charge is 0.493 e. The number of likely N-dealkylation sites (tertiary alicyclic amines) is 1. The predicted octanol–water partition coefficient (Wildman–Crippen LogP) is 2.22. The van der Waals surface area contributed by atoms with Crippen molar-refractivity contribution in [2.45, 2.75) is 31.2 Å². The van der Waals surface area contributed by atoms with Crippen LogP contribution in [0.5, 0.6) is 11.5 Å². The number of aromatic amines is 1. The number of imidazole rings is 1. The van der Waals surface area contributed by atoms with Crippen LogP contribution in [0.1, 0.15) is 42.6 Å². The van der Waals surface area contributed by atoms with Crippen molar-refractivity contribution < 1.29 is 14.3 Å². The maximum Gasteiger partial charge on any atom is 0.224 e. The number of carbonyl (C=O) groups excluding carboxylic acids is 1. The fraction of sp³-hybridized carbons (Fsp3) is 0.474. The average Bonchev–Trinajstić information content (AvgIpc) is 3.22. The summed E-state index contributed by atoms with van der Waals surface area (Å²) in [6, 6.07) is 5.15. The van der Waals surface area contributed by atoms with E-state index >= 15 is 0 Å². The summed E-state index contributed by atoms with van der Waals surface area (Å²) in [6.45, 7) is 1.48. The van der Waals surface area contributed by atoms with E-state index in [4.69, 9.17) is 15.2 Å². The number of piperidine rings is 1. The highest BCUT2D eigenvalue weighted by Crippen LogP contribution is 2.31. The van der Waals surface area contributed by atoms with E-state index in [1.807, 2.05) is 29.3 Å². The van der Waals surface area contributed by atoms with Gasteiger partial charge in [0, 0.05) is 43.9 Å². The van der Waals surface area contributed by atoms with Crippen molar-refractivity contribution in [2.24, 2.45) is 5.73 Å². The van der Waals surface area contributed by atoms with Gasteiger partial charge in [0.2, 0.25) is 5.91 Å². The molecule has 7 heteroatoms. The van der Waals surface area contributed by atoms with Gasteiger partial charge in [0.15, 0.2) is 11.5 Å². The number of benzene rings is 1. The molecule has 1 aliphatic rings. The van der Waals surface area contributed by atoms with Crippen LogP contribution in [-0.4, -0.2) is 48.1 Å². The van der Waals surface area contributed by atoms with Crippen molar-refractivity contribution in [3.63, 3.8) is 0 Å². The number of nitrogens with one attached hydrogen (secondary N) is 1. The van der Waals surface area contributed by atoms with Crippen LogP contribution in [-0.2, 0) is 4.79 Å². The molecule has 3 rings (SSSR count). The molecule has 140 valence electrons. The molecule has 0 radical (unpaired) electrons. The molecule has 7 nitrogen and oxygen atoms in total. The van der Waals surface area contributed by atoms with Gasteiger partial charge in [-0.15, -0.1) is 0 Å². The third kappa shape index (κ3) is 3.99. The monoisotopic (exact) mass is 358 g/mol. The molecule has 1 atom stereocenters. The van der Waals surface area contributed by atoms with Crippen LogP contribution in [0.4, 0.5) is 0 Å². The SMILES string of the molecule is COc1ccc([C@H](N)CC(=O)N2CCC(c3ncc[nH]3)CC2)cc1OC. The van der Waals surface area contributed by atoms with Gasteiger partial charge < -0.3 is 25.1 Å². The summed E-state index contributed by atoms with van der Waals surface area (Å²) in [5.41, 5.74) is 7.13. The second kappa shape index (κ2) is 8.23. The molecular weight excluding hydrogens is 332 g/mol. The highest BCUT2D eigenvalue weighted by atomic mass is 16.5. The molecule has 1 saturated heterocycles. The van der Waals surface area contributed by atoms with Crippen molar-refractivity contribution >= 4 is 5.91 Å². The van der Waals surface area contributed by atoms with Crippen LogP contribution >= 0.6 is 0 Å². The molecule has 0 saturated carbocycles. The lowest BCUT2D eigenvalue weighted by atomic mass is 9.95. The summed E-state index contributed by atoms with van der Waals surface area (Å²) in [5.74, 6) is 2.76. The maximum absolute atomic E-state index is 12.6. The Morgan fingerprint density at radius 1 is 1.31 bits per heavy atom. The number of aromatic nitrogens is 2. The number of ether oxygens (including phenoxy) is 2. The minimum Gasteiger partial charge on any atom is -0.493 e. The number of rotatable bonds is 6. The number of H-pyrrole nitrogens is 1. The molecule has 0 spiro atoms. The molecule has 0 bridgehead atoms. The standard InChI is InChI=1S/C19H26N4O3/c1-25-16-4-3-14(11-17(16)26-2)15(20)12-18(24)23-9-5-13(6-10-23)19-21-7-8-22-19/h3-4,7-8,11,13,15H,5-6,9-10,12,20H2,1-2H3,(H,21,22)/t15-/m1/s1. The minimum atomic E-state index is -0.370. The van der Waals surface area contributed by atoms with Crippen LogP contribution in [0.15, 0.2) is 30.6 Å². The first-order chi connectivity index (χ1) is 12.6. The zero-order chi connectivity index (χ0) is 18.5. The van der Waals surface area contributed by atoms with Crippen LogP contribution in [0, 0.1) is 0 Å². The van der Waals surface area contributed by atoms with E-state index in [0.717, 1.165) is 37.3 Å². The first kappa shape index (κ1) is 18.3. The highest BCUT2D eigenvalue weighted by Gasteiger charge is 2.26.